The van der Waals surface area contributed by atoms with Crippen LogP contribution in [0.3, 0.4) is 0 Å². The molecule has 1 aromatic carbocycles. The number of rotatable bonds is 9. The second-order valence-corrected chi connectivity index (χ2v) is 6.12. The fourth-order valence-corrected chi connectivity index (χ4v) is 2.61. The molecule has 21 heavy (non-hydrogen) atoms. The zero-order valence-corrected chi connectivity index (χ0v) is 13.7. The van der Waals surface area contributed by atoms with Gasteiger partial charge < -0.3 is 11.1 Å². The molecule has 1 amide bonds. The number of aryl methyl sites for hydroxylation is 1. The Morgan fingerprint density at radius 1 is 1.19 bits per heavy atom. The molecular formula is C18H30N2O. The van der Waals surface area contributed by atoms with Crippen LogP contribution in [-0.2, 0) is 11.2 Å². The largest absolute Gasteiger partial charge is 0.330 e. The molecular weight excluding hydrogens is 260 g/mol. The van der Waals surface area contributed by atoms with Crippen LogP contribution in [0.1, 0.15) is 52.0 Å². The number of benzene rings is 1. The van der Waals surface area contributed by atoms with Crippen molar-refractivity contribution in [1.82, 2.24) is 0 Å². The number of amides is 1. The van der Waals surface area contributed by atoms with E-state index in [-0.39, 0.29) is 5.91 Å². The number of hydrogen-bond donors (Lipinski definition) is 2. The van der Waals surface area contributed by atoms with Crippen LogP contribution in [0.2, 0.25) is 0 Å². The van der Waals surface area contributed by atoms with Crippen LogP contribution in [0.25, 0.3) is 0 Å². The average molecular weight is 290 g/mol. The van der Waals surface area contributed by atoms with E-state index in [0.717, 1.165) is 31.4 Å². The summed E-state index contributed by atoms with van der Waals surface area (Å²) in [4.78, 5) is 12.0. The molecule has 1 unspecified atom stereocenters. The van der Waals surface area contributed by atoms with Crippen LogP contribution in [0.4, 0.5) is 5.69 Å². The molecule has 0 bridgehead atoms. The molecule has 0 radical (unpaired) electrons. The van der Waals surface area contributed by atoms with Gasteiger partial charge in [0, 0.05) is 12.1 Å². The van der Waals surface area contributed by atoms with Crippen LogP contribution in [-0.4, -0.2) is 12.5 Å². The van der Waals surface area contributed by atoms with Crippen molar-refractivity contribution >= 4 is 11.6 Å². The number of carbonyl (C=O) groups is 1. The van der Waals surface area contributed by atoms with E-state index < -0.39 is 0 Å². The van der Waals surface area contributed by atoms with Gasteiger partial charge in [0.15, 0.2) is 0 Å². The summed E-state index contributed by atoms with van der Waals surface area (Å²) in [6.07, 6.45) is 4.71. The summed E-state index contributed by atoms with van der Waals surface area (Å²) in [7, 11) is 0. The van der Waals surface area contributed by atoms with E-state index in [2.05, 4.69) is 38.2 Å². The van der Waals surface area contributed by atoms with Crippen molar-refractivity contribution in [2.75, 3.05) is 11.9 Å². The van der Waals surface area contributed by atoms with Gasteiger partial charge in [-0.25, -0.2) is 0 Å². The van der Waals surface area contributed by atoms with Gasteiger partial charge in [-0.05, 0) is 55.3 Å². The van der Waals surface area contributed by atoms with E-state index in [9.17, 15) is 4.79 Å². The molecule has 3 heteroatoms. The Morgan fingerprint density at radius 2 is 1.86 bits per heavy atom. The molecule has 1 atom stereocenters. The van der Waals surface area contributed by atoms with E-state index in [1.807, 2.05) is 12.1 Å². The van der Waals surface area contributed by atoms with Crippen molar-refractivity contribution in [2.24, 2.45) is 17.6 Å². The van der Waals surface area contributed by atoms with Gasteiger partial charge in [-0.3, -0.25) is 4.79 Å². The van der Waals surface area contributed by atoms with Crippen LogP contribution in [0.15, 0.2) is 24.3 Å². The predicted molar refractivity (Wildman–Crippen MR) is 90.3 cm³/mol. The molecule has 0 spiro atoms. The van der Waals surface area contributed by atoms with Crippen molar-refractivity contribution in [3.8, 4) is 0 Å². The lowest BCUT2D eigenvalue weighted by atomic mass is 9.88. The minimum atomic E-state index is 0.0981. The standard InChI is InChI=1S/C18H30N2O/c1-4-5-15-6-9-17(10-7-15)20-18(21)11-8-16(12-13-19)14(2)3/h6-7,9-10,14,16H,4-5,8,11-13,19H2,1-3H3,(H,20,21). The van der Waals surface area contributed by atoms with Gasteiger partial charge in [0.2, 0.25) is 5.91 Å². The molecule has 0 saturated carbocycles. The predicted octanol–water partition coefficient (Wildman–Crippen LogP) is 3.98. The van der Waals surface area contributed by atoms with E-state index >= 15 is 0 Å². The Hall–Kier alpha value is -1.35. The van der Waals surface area contributed by atoms with Crippen molar-refractivity contribution in [1.29, 1.82) is 0 Å². The summed E-state index contributed by atoms with van der Waals surface area (Å²) < 4.78 is 0. The summed E-state index contributed by atoms with van der Waals surface area (Å²) in [6.45, 7) is 7.26. The van der Waals surface area contributed by atoms with Gasteiger partial charge >= 0.3 is 0 Å². The van der Waals surface area contributed by atoms with E-state index in [1.165, 1.54) is 5.56 Å². The topological polar surface area (TPSA) is 55.1 Å². The first-order valence-electron chi connectivity index (χ1n) is 8.15. The van der Waals surface area contributed by atoms with E-state index in [4.69, 9.17) is 5.73 Å². The third-order valence-electron chi connectivity index (χ3n) is 4.00. The Balaban J connectivity index is 2.42. The molecule has 0 aliphatic carbocycles. The maximum atomic E-state index is 12.0. The third kappa shape index (κ3) is 6.76. The van der Waals surface area contributed by atoms with Gasteiger partial charge in [0.25, 0.3) is 0 Å². The summed E-state index contributed by atoms with van der Waals surface area (Å²) in [5, 5.41) is 2.98. The molecule has 1 rings (SSSR count). The van der Waals surface area contributed by atoms with Crippen molar-refractivity contribution in [2.45, 2.75) is 52.9 Å². The van der Waals surface area contributed by atoms with Crippen LogP contribution in [0, 0.1) is 11.8 Å². The Labute approximate surface area is 129 Å². The third-order valence-corrected chi connectivity index (χ3v) is 4.00. The Morgan fingerprint density at radius 3 is 2.38 bits per heavy atom. The first kappa shape index (κ1) is 17.7. The molecule has 0 heterocycles. The number of nitrogens with two attached hydrogens (primary N) is 1. The van der Waals surface area contributed by atoms with E-state index in [0.29, 0.717) is 24.8 Å². The van der Waals surface area contributed by atoms with Crippen molar-refractivity contribution < 1.29 is 4.79 Å². The second kappa shape index (κ2) is 9.56. The summed E-state index contributed by atoms with van der Waals surface area (Å²) in [5.74, 6) is 1.21. The fourth-order valence-electron chi connectivity index (χ4n) is 2.61. The minimum Gasteiger partial charge on any atom is -0.330 e. The summed E-state index contributed by atoms with van der Waals surface area (Å²) in [6, 6.07) is 8.15. The normalized spacial score (nSPS) is 12.4. The first-order chi connectivity index (χ1) is 10.1. The minimum absolute atomic E-state index is 0.0981. The number of carbonyl (C=O) groups excluding carboxylic acids is 1. The lowest BCUT2D eigenvalue weighted by molar-refractivity contribution is -0.116. The zero-order valence-electron chi connectivity index (χ0n) is 13.7. The maximum Gasteiger partial charge on any atom is 0.224 e. The molecule has 3 nitrogen and oxygen atoms in total. The molecule has 3 N–H and O–H groups in total. The highest BCUT2D eigenvalue weighted by atomic mass is 16.1. The molecule has 0 aliphatic heterocycles. The smallest absolute Gasteiger partial charge is 0.224 e. The maximum absolute atomic E-state index is 12.0. The quantitative estimate of drug-likeness (QED) is 0.723. The average Bonchev–Trinajstić information content (AvgIpc) is 2.45. The van der Waals surface area contributed by atoms with Crippen LogP contribution < -0.4 is 11.1 Å². The highest BCUT2D eigenvalue weighted by Crippen LogP contribution is 2.21. The fraction of sp³-hybridized carbons (Fsp3) is 0.611. The van der Waals surface area contributed by atoms with Gasteiger partial charge in [0.05, 0.1) is 0 Å². The molecule has 0 aliphatic rings. The van der Waals surface area contributed by atoms with Gasteiger partial charge in [0.1, 0.15) is 0 Å². The van der Waals surface area contributed by atoms with Crippen LogP contribution >= 0.6 is 0 Å². The monoisotopic (exact) mass is 290 g/mol. The highest BCUT2D eigenvalue weighted by molar-refractivity contribution is 5.90. The van der Waals surface area contributed by atoms with Crippen molar-refractivity contribution in [3.63, 3.8) is 0 Å². The van der Waals surface area contributed by atoms with Gasteiger partial charge in [-0.2, -0.15) is 0 Å². The molecule has 118 valence electrons. The first-order valence-corrected chi connectivity index (χ1v) is 8.15. The number of anilines is 1. The van der Waals surface area contributed by atoms with Gasteiger partial charge in [-0.15, -0.1) is 0 Å². The summed E-state index contributed by atoms with van der Waals surface area (Å²) in [5.41, 5.74) is 7.84. The molecule has 1 aromatic rings. The Bertz CT molecular complexity index is 412. The lowest BCUT2D eigenvalue weighted by Crippen LogP contribution is -2.18. The SMILES string of the molecule is CCCc1ccc(NC(=O)CCC(CCN)C(C)C)cc1. The highest BCUT2D eigenvalue weighted by Gasteiger charge is 2.14. The zero-order chi connectivity index (χ0) is 15.7. The molecule has 0 fully saturated rings. The molecule has 0 saturated heterocycles. The Kier molecular flexibility index (Phi) is 8.06. The number of hydrogen-bond acceptors (Lipinski definition) is 2. The molecule has 0 aromatic heterocycles. The number of nitrogens with one attached hydrogen (secondary N) is 1. The summed E-state index contributed by atoms with van der Waals surface area (Å²) >= 11 is 0. The van der Waals surface area contributed by atoms with E-state index in [1.54, 1.807) is 0 Å². The van der Waals surface area contributed by atoms with Crippen molar-refractivity contribution in [3.05, 3.63) is 29.8 Å². The van der Waals surface area contributed by atoms with Crippen LogP contribution in [0.5, 0.6) is 0 Å². The second-order valence-electron chi connectivity index (χ2n) is 6.12. The van der Waals surface area contributed by atoms with Gasteiger partial charge in [-0.1, -0.05) is 39.3 Å². The lowest BCUT2D eigenvalue weighted by Gasteiger charge is -2.19.